The third-order valence-electron chi connectivity index (χ3n) is 8.60. The zero-order valence-corrected chi connectivity index (χ0v) is 19.3. The monoisotopic (exact) mass is 446 g/mol. The molecule has 164 valence electrons. The minimum Gasteiger partial charge on any atom is -0.309 e. The molecular formula is C33H22N2. The Morgan fingerprint density at radius 3 is 2.09 bits per heavy atom. The van der Waals surface area contributed by atoms with Crippen LogP contribution in [0.2, 0.25) is 0 Å². The predicted molar refractivity (Wildman–Crippen MR) is 141 cm³/mol. The predicted octanol–water partition coefficient (Wildman–Crippen LogP) is 7.50. The van der Waals surface area contributed by atoms with E-state index in [2.05, 4.69) is 95.1 Å². The summed E-state index contributed by atoms with van der Waals surface area (Å²) in [6, 6.07) is 27.4. The molecule has 0 atom stereocenters. The van der Waals surface area contributed by atoms with Crippen molar-refractivity contribution in [3.8, 4) is 22.3 Å². The molecule has 0 N–H and O–H groups in total. The lowest BCUT2D eigenvalue weighted by atomic mass is 9.85. The fourth-order valence-electron chi connectivity index (χ4n) is 7.17. The fraction of sp³-hybridized carbons (Fsp3) is 0.121. The van der Waals surface area contributed by atoms with Crippen LogP contribution < -0.4 is 4.90 Å². The van der Waals surface area contributed by atoms with E-state index in [1.165, 1.54) is 83.8 Å². The van der Waals surface area contributed by atoms with Crippen molar-refractivity contribution in [1.82, 2.24) is 4.98 Å². The summed E-state index contributed by atoms with van der Waals surface area (Å²) in [5, 5.41) is 0. The number of nitrogens with zero attached hydrogens (tertiary/aromatic N) is 2. The first-order chi connectivity index (χ1) is 17.3. The molecule has 0 saturated heterocycles. The number of pyridine rings is 1. The maximum absolute atomic E-state index is 4.66. The number of rotatable bonds is 0. The molecule has 0 saturated carbocycles. The zero-order chi connectivity index (χ0) is 22.7. The van der Waals surface area contributed by atoms with Gasteiger partial charge in [-0.15, -0.1) is 0 Å². The summed E-state index contributed by atoms with van der Waals surface area (Å²) < 4.78 is 0. The van der Waals surface area contributed by atoms with Crippen LogP contribution in [0.15, 0.2) is 85.2 Å². The molecule has 2 nitrogen and oxygen atoms in total. The maximum atomic E-state index is 4.66. The first-order valence-electron chi connectivity index (χ1n) is 12.6. The molecule has 1 aromatic heterocycles. The van der Waals surface area contributed by atoms with E-state index in [4.69, 9.17) is 0 Å². The molecule has 9 rings (SSSR count). The number of anilines is 3. The van der Waals surface area contributed by atoms with Crippen molar-refractivity contribution in [2.24, 2.45) is 0 Å². The van der Waals surface area contributed by atoms with Crippen LogP contribution in [0.1, 0.15) is 44.5 Å². The summed E-state index contributed by atoms with van der Waals surface area (Å²) in [5.74, 6) is 0. The molecule has 0 spiro atoms. The van der Waals surface area contributed by atoms with Crippen molar-refractivity contribution in [1.29, 1.82) is 0 Å². The van der Waals surface area contributed by atoms with Crippen LogP contribution in [0, 0.1) is 0 Å². The zero-order valence-electron chi connectivity index (χ0n) is 19.3. The van der Waals surface area contributed by atoms with E-state index in [0.717, 1.165) is 25.7 Å². The van der Waals surface area contributed by atoms with Gasteiger partial charge in [-0.3, -0.25) is 4.98 Å². The van der Waals surface area contributed by atoms with Crippen LogP contribution in [0.4, 0.5) is 17.1 Å². The van der Waals surface area contributed by atoms with E-state index < -0.39 is 0 Å². The second-order valence-corrected chi connectivity index (χ2v) is 10.4. The highest BCUT2D eigenvalue weighted by Crippen LogP contribution is 2.55. The van der Waals surface area contributed by atoms with Crippen LogP contribution in [0.3, 0.4) is 0 Å². The number of aromatic nitrogens is 1. The smallest absolute Gasteiger partial charge is 0.0563 e. The van der Waals surface area contributed by atoms with Gasteiger partial charge >= 0.3 is 0 Å². The Morgan fingerprint density at radius 1 is 0.486 bits per heavy atom. The summed E-state index contributed by atoms with van der Waals surface area (Å²) in [7, 11) is 0. The summed E-state index contributed by atoms with van der Waals surface area (Å²) in [6.45, 7) is 0. The van der Waals surface area contributed by atoms with Crippen molar-refractivity contribution in [2.75, 3.05) is 4.90 Å². The first-order valence-corrected chi connectivity index (χ1v) is 12.6. The minimum atomic E-state index is 0.958. The summed E-state index contributed by atoms with van der Waals surface area (Å²) in [4.78, 5) is 7.18. The maximum Gasteiger partial charge on any atom is 0.0563 e. The second kappa shape index (κ2) is 6.28. The molecule has 0 radical (unpaired) electrons. The lowest BCUT2D eigenvalue weighted by Gasteiger charge is -2.39. The highest BCUT2D eigenvalue weighted by Gasteiger charge is 2.36. The Labute approximate surface area is 204 Å². The van der Waals surface area contributed by atoms with Gasteiger partial charge in [-0.2, -0.15) is 0 Å². The van der Waals surface area contributed by atoms with Gasteiger partial charge in [-0.05, 0) is 91.7 Å². The van der Waals surface area contributed by atoms with Gasteiger partial charge in [0.1, 0.15) is 0 Å². The van der Waals surface area contributed by atoms with Gasteiger partial charge in [0.2, 0.25) is 0 Å². The van der Waals surface area contributed by atoms with E-state index in [-0.39, 0.29) is 0 Å². The summed E-state index contributed by atoms with van der Waals surface area (Å²) in [6.07, 6.45) is 8.14. The highest BCUT2D eigenvalue weighted by molar-refractivity contribution is 5.98. The Morgan fingerprint density at radius 2 is 1.17 bits per heavy atom. The quantitative estimate of drug-likeness (QED) is 0.240. The second-order valence-electron chi connectivity index (χ2n) is 10.4. The van der Waals surface area contributed by atoms with Gasteiger partial charge < -0.3 is 4.90 Å². The summed E-state index contributed by atoms with van der Waals surface area (Å²) >= 11 is 0. The Hall–Kier alpha value is -4.17. The molecule has 4 aromatic carbocycles. The minimum absolute atomic E-state index is 0.958. The molecule has 4 aliphatic rings. The van der Waals surface area contributed by atoms with Gasteiger partial charge in [0.25, 0.3) is 0 Å². The molecule has 0 fully saturated rings. The van der Waals surface area contributed by atoms with Gasteiger partial charge in [0.15, 0.2) is 0 Å². The number of fused-ring (bicyclic) bond motifs is 12. The van der Waals surface area contributed by atoms with Crippen molar-refractivity contribution in [2.45, 2.75) is 25.7 Å². The Bertz CT molecular complexity index is 1760. The van der Waals surface area contributed by atoms with Crippen LogP contribution >= 0.6 is 0 Å². The van der Waals surface area contributed by atoms with Crippen LogP contribution in [0.25, 0.3) is 22.3 Å². The van der Waals surface area contributed by atoms with Gasteiger partial charge in [-0.1, -0.05) is 60.7 Å². The standard InChI is InChI=1S/C33H22N2/c1-3-7-25-19(5-1)13-21-9-10-22-15-27-26(32(22)31(21)25)11-12-30-28(27)16-24-18-34-17-23-14-20-6-2-4-8-29(20)35(30)33(23)24/h1-12,17-18H,13-16H2. The molecule has 3 heterocycles. The van der Waals surface area contributed by atoms with E-state index in [9.17, 15) is 0 Å². The molecule has 35 heavy (non-hydrogen) atoms. The van der Waals surface area contributed by atoms with E-state index in [1.54, 1.807) is 0 Å². The average Bonchev–Trinajstić information content (AvgIpc) is 3.46. The number of hydrogen-bond donors (Lipinski definition) is 0. The van der Waals surface area contributed by atoms with Crippen molar-refractivity contribution in [3.63, 3.8) is 0 Å². The molecular weight excluding hydrogens is 424 g/mol. The van der Waals surface area contributed by atoms with Crippen molar-refractivity contribution < 1.29 is 0 Å². The highest BCUT2D eigenvalue weighted by atomic mass is 15.2. The van der Waals surface area contributed by atoms with Gasteiger partial charge in [-0.25, -0.2) is 0 Å². The van der Waals surface area contributed by atoms with E-state index in [1.807, 2.05) is 0 Å². The topological polar surface area (TPSA) is 16.1 Å². The van der Waals surface area contributed by atoms with Crippen LogP contribution in [-0.4, -0.2) is 4.98 Å². The lowest BCUT2D eigenvalue weighted by molar-refractivity contribution is 0.974. The fourth-order valence-corrected chi connectivity index (χ4v) is 7.17. The van der Waals surface area contributed by atoms with Crippen molar-refractivity contribution >= 4 is 17.1 Å². The van der Waals surface area contributed by atoms with Gasteiger partial charge in [0, 0.05) is 30.9 Å². The number of para-hydroxylation sites is 1. The van der Waals surface area contributed by atoms with Crippen LogP contribution in [-0.2, 0) is 25.7 Å². The van der Waals surface area contributed by atoms with E-state index in [0.29, 0.717) is 0 Å². The third kappa shape index (κ3) is 2.23. The molecule has 0 bridgehead atoms. The van der Waals surface area contributed by atoms with Crippen molar-refractivity contribution in [3.05, 3.63) is 130 Å². The molecule has 0 amide bonds. The Kier molecular flexibility index (Phi) is 3.27. The molecule has 2 heteroatoms. The third-order valence-corrected chi connectivity index (χ3v) is 8.60. The molecule has 0 unspecified atom stereocenters. The summed E-state index contributed by atoms with van der Waals surface area (Å²) in [5.41, 5.74) is 21.3. The average molecular weight is 447 g/mol. The van der Waals surface area contributed by atoms with Crippen LogP contribution in [0.5, 0.6) is 0 Å². The van der Waals surface area contributed by atoms with E-state index >= 15 is 0 Å². The molecule has 2 aliphatic carbocycles. The van der Waals surface area contributed by atoms with Gasteiger partial charge in [0.05, 0.1) is 11.4 Å². The largest absolute Gasteiger partial charge is 0.309 e. The lowest BCUT2D eigenvalue weighted by Crippen LogP contribution is -2.25. The number of hydrogen-bond acceptors (Lipinski definition) is 2. The first kappa shape index (κ1) is 18.2. The molecule has 5 aromatic rings. The molecule has 2 aliphatic heterocycles. The SMILES string of the molecule is c1ccc2c(c1)Cc1ccc3c(c1-2)-c1ccc2c(c1C3)Cc1cncc3c1N2c1ccccc1C3. The number of benzene rings is 4. The normalized spacial score (nSPS) is 14.9. The Balaban J connectivity index is 1.30.